The van der Waals surface area contributed by atoms with E-state index in [1.54, 1.807) is 13.1 Å². The third kappa shape index (κ3) is 5.74. The Morgan fingerprint density at radius 3 is 2.64 bits per heavy atom. The van der Waals surface area contributed by atoms with Crippen LogP contribution in [0.15, 0.2) is 37.9 Å². The van der Waals surface area contributed by atoms with Crippen LogP contribution in [0.5, 0.6) is 0 Å². The van der Waals surface area contributed by atoms with Gasteiger partial charge in [-0.15, -0.1) is 11.3 Å². The maximum absolute atomic E-state index is 12.1. The second-order valence-electron chi connectivity index (χ2n) is 5.27. The smallest absolute Gasteiger partial charge is 0.250 e. The summed E-state index contributed by atoms with van der Waals surface area (Å²) in [6.07, 6.45) is 0. The molecule has 0 saturated carbocycles. The largest absolute Gasteiger partial charge is 0.464 e. The summed E-state index contributed by atoms with van der Waals surface area (Å²) in [7, 11) is -1.89. The predicted octanol–water partition coefficient (Wildman–Crippen LogP) is 2.51. The molecule has 2 heterocycles. The SMILES string of the molecule is CN=C(NCCNS(=O)(=O)c1ccc(Cl)s1)NC(C)c1ccc(C)o1. The first-order valence-corrected chi connectivity index (χ1v) is 10.3. The van der Waals surface area contributed by atoms with Gasteiger partial charge in [0.2, 0.25) is 10.0 Å². The molecule has 0 aliphatic heterocycles. The van der Waals surface area contributed by atoms with Crippen LogP contribution < -0.4 is 15.4 Å². The van der Waals surface area contributed by atoms with Gasteiger partial charge < -0.3 is 15.1 Å². The van der Waals surface area contributed by atoms with E-state index in [-0.39, 0.29) is 16.8 Å². The van der Waals surface area contributed by atoms with Crippen molar-refractivity contribution in [1.82, 2.24) is 15.4 Å². The van der Waals surface area contributed by atoms with Gasteiger partial charge in [0.05, 0.1) is 10.4 Å². The van der Waals surface area contributed by atoms with Crippen LogP contribution in [0.25, 0.3) is 0 Å². The zero-order chi connectivity index (χ0) is 18.4. The summed E-state index contributed by atoms with van der Waals surface area (Å²) in [5.74, 6) is 2.20. The lowest BCUT2D eigenvalue weighted by molar-refractivity contribution is 0.441. The van der Waals surface area contributed by atoms with Gasteiger partial charge >= 0.3 is 0 Å². The fourth-order valence-electron chi connectivity index (χ4n) is 2.04. The minimum Gasteiger partial charge on any atom is -0.464 e. The van der Waals surface area contributed by atoms with Gasteiger partial charge in [0.25, 0.3) is 0 Å². The van der Waals surface area contributed by atoms with E-state index in [4.69, 9.17) is 16.0 Å². The predicted molar refractivity (Wildman–Crippen MR) is 101 cm³/mol. The summed E-state index contributed by atoms with van der Waals surface area (Å²) >= 11 is 6.79. The van der Waals surface area contributed by atoms with E-state index in [1.165, 1.54) is 6.07 Å². The summed E-state index contributed by atoms with van der Waals surface area (Å²) in [4.78, 5) is 4.12. The van der Waals surface area contributed by atoms with Crippen molar-refractivity contribution in [2.45, 2.75) is 24.1 Å². The Labute approximate surface area is 156 Å². The van der Waals surface area contributed by atoms with Gasteiger partial charge in [0.15, 0.2) is 5.96 Å². The number of nitrogens with one attached hydrogen (secondary N) is 3. The molecular weight excluding hydrogens is 384 g/mol. The molecule has 1 unspecified atom stereocenters. The summed E-state index contributed by atoms with van der Waals surface area (Å²) in [5, 5.41) is 6.24. The zero-order valence-corrected chi connectivity index (χ0v) is 16.6. The van der Waals surface area contributed by atoms with E-state index in [0.29, 0.717) is 16.8 Å². The van der Waals surface area contributed by atoms with Crippen LogP contribution in [0.4, 0.5) is 0 Å². The molecule has 0 amide bonds. The molecule has 0 aromatic carbocycles. The number of halogens is 1. The number of aryl methyl sites for hydroxylation is 1. The number of hydrogen-bond acceptors (Lipinski definition) is 5. The number of aliphatic imine (C=N–C) groups is 1. The van der Waals surface area contributed by atoms with Gasteiger partial charge in [-0.1, -0.05) is 11.6 Å². The lowest BCUT2D eigenvalue weighted by Gasteiger charge is -2.16. The Morgan fingerprint density at radius 2 is 2.08 bits per heavy atom. The maximum atomic E-state index is 12.1. The normalized spacial score (nSPS) is 13.7. The highest BCUT2D eigenvalue weighted by molar-refractivity contribution is 7.91. The lowest BCUT2D eigenvalue weighted by atomic mass is 10.2. The van der Waals surface area contributed by atoms with Crippen molar-refractivity contribution >= 4 is 38.9 Å². The van der Waals surface area contributed by atoms with Crippen molar-refractivity contribution in [3.05, 3.63) is 40.1 Å². The highest BCUT2D eigenvalue weighted by Gasteiger charge is 2.16. The Morgan fingerprint density at radius 1 is 1.32 bits per heavy atom. The molecule has 2 aromatic heterocycles. The number of thiophene rings is 1. The van der Waals surface area contributed by atoms with Crippen LogP contribution in [-0.4, -0.2) is 34.5 Å². The second-order valence-corrected chi connectivity index (χ2v) is 8.98. The Kier molecular flexibility index (Phi) is 6.88. The Hall–Kier alpha value is -1.55. The van der Waals surface area contributed by atoms with E-state index < -0.39 is 10.0 Å². The summed E-state index contributed by atoms with van der Waals surface area (Å²) in [6.45, 7) is 4.43. The maximum Gasteiger partial charge on any atom is 0.250 e. The molecule has 3 N–H and O–H groups in total. The van der Waals surface area contributed by atoms with Crippen LogP contribution in [-0.2, 0) is 10.0 Å². The van der Waals surface area contributed by atoms with Crippen LogP contribution >= 0.6 is 22.9 Å². The molecule has 0 spiro atoms. The average Bonchev–Trinajstić information content (AvgIpc) is 3.19. The van der Waals surface area contributed by atoms with E-state index in [1.807, 2.05) is 26.0 Å². The highest BCUT2D eigenvalue weighted by atomic mass is 35.5. The first kappa shape index (κ1) is 19.8. The number of hydrogen-bond donors (Lipinski definition) is 3. The Balaban J connectivity index is 1.79. The third-order valence-electron chi connectivity index (χ3n) is 3.29. The molecule has 138 valence electrons. The van der Waals surface area contributed by atoms with Gasteiger partial charge in [0.1, 0.15) is 15.7 Å². The van der Waals surface area contributed by atoms with E-state index in [2.05, 4.69) is 20.3 Å². The second kappa shape index (κ2) is 8.70. The minimum absolute atomic E-state index is 0.0650. The molecule has 25 heavy (non-hydrogen) atoms. The van der Waals surface area contributed by atoms with Crippen molar-refractivity contribution in [2.75, 3.05) is 20.1 Å². The van der Waals surface area contributed by atoms with Crippen LogP contribution in [0.1, 0.15) is 24.5 Å². The van der Waals surface area contributed by atoms with Gasteiger partial charge in [-0.05, 0) is 38.1 Å². The van der Waals surface area contributed by atoms with Crippen molar-refractivity contribution in [1.29, 1.82) is 0 Å². The van der Waals surface area contributed by atoms with E-state index in [0.717, 1.165) is 22.9 Å². The van der Waals surface area contributed by atoms with Crippen molar-refractivity contribution in [3.63, 3.8) is 0 Å². The summed E-state index contributed by atoms with van der Waals surface area (Å²) in [6, 6.07) is 6.78. The summed E-state index contributed by atoms with van der Waals surface area (Å²) < 4.78 is 32.9. The topological polar surface area (TPSA) is 95.7 Å². The zero-order valence-electron chi connectivity index (χ0n) is 14.2. The Bertz CT molecular complexity index is 829. The number of sulfonamides is 1. The van der Waals surface area contributed by atoms with Crippen LogP contribution in [0, 0.1) is 6.92 Å². The molecule has 0 bridgehead atoms. The molecule has 2 aromatic rings. The summed E-state index contributed by atoms with van der Waals surface area (Å²) in [5.41, 5.74) is 0. The van der Waals surface area contributed by atoms with Gasteiger partial charge in [-0.25, -0.2) is 13.1 Å². The van der Waals surface area contributed by atoms with Gasteiger partial charge in [-0.3, -0.25) is 4.99 Å². The number of furan rings is 1. The fraction of sp³-hybridized carbons (Fsp3) is 0.400. The van der Waals surface area contributed by atoms with E-state index >= 15 is 0 Å². The number of rotatable bonds is 7. The molecule has 2 rings (SSSR count). The van der Waals surface area contributed by atoms with Crippen LogP contribution in [0.2, 0.25) is 4.34 Å². The average molecular weight is 405 g/mol. The minimum atomic E-state index is -3.54. The van der Waals surface area contributed by atoms with Crippen molar-refractivity contribution in [2.24, 2.45) is 4.99 Å². The molecular formula is C15H21ClN4O3S2. The molecule has 7 nitrogen and oxygen atoms in total. The van der Waals surface area contributed by atoms with Crippen molar-refractivity contribution in [3.8, 4) is 0 Å². The number of guanidine groups is 1. The van der Waals surface area contributed by atoms with E-state index in [9.17, 15) is 8.42 Å². The highest BCUT2D eigenvalue weighted by Crippen LogP contribution is 2.25. The third-order valence-corrected chi connectivity index (χ3v) is 6.47. The first-order valence-electron chi connectivity index (χ1n) is 7.60. The molecule has 0 saturated heterocycles. The fourth-order valence-corrected chi connectivity index (χ4v) is 4.60. The molecule has 10 heteroatoms. The molecule has 0 aliphatic carbocycles. The van der Waals surface area contributed by atoms with Gasteiger partial charge in [0, 0.05) is 20.1 Å². The monoisotopic (exact) mass is 404 g/mol. The van der Waals surface area contributed by atoms with Crippen molar-refractivity contribution < 1.29 is 12.8 Å². The quantitative estimate of drug-likeness (QED) is 0.374. The molecule has 0 fully saturated rings. The molecule has 0 radical (unpaired) electrons. The molecule has 1 atom stereocenters. The molecule has 0 aliphatic rings. The standard InChI is InChI=1S/C15H21ClN4O3S2/c1-10-4-5-12(23-10)11(2)20-15(17-3)18-8-9-19-25(21,22)14-7-6-13(16)24-14/h4-7,11,19H,8-9H2,1-3H3,(H2,17,18,20). The number of nitrogens with zero attached hydrogens (tertiary/aromatic N) is 1. The van der Waals surface area contributed by atoms with Crippen LogP contribution in [0.3, 0.4) is 0 Å². The first-order chi connectivity index (χ1) is 11.8. The lowest BCUT2D eigenvalue weighted by Crippen LogP contribution is -2.42. The van der Waals surface area contributed by atoms with Gasteiger partial charge in [-0.2, -0.15) is 0 Å².